The van der Waals surface area contributed by atoms with Gasteiger partial charge in [0.15, 0.2) is 11.6 Å². The van der Waals surface area contributed by atoms with Crippen molar-refractivity contribution in [3.8, 4) is 5.75 Å². The second-order valence-electron chi connectivity index (χ2n) is 7.52. The van der Waals surface area contributed by atoms with Crippen molar-refractivity contribution in [2.45, 2.75) is 18.8 Å². The molecule has 4 rings (SSSR count). The second kappa shape index (κ2) is 7.69. The number of hydrogen-bond donors (Lipinski definition) is 1. The van der Waals surface area contributed by atoms with Gasteiger partial charge in [-0.05, 0) is 25.0 Å². The van der Waals surface area contributed by atoms with Crippen LogP contribution in [0.3, 0.4) is 0 Å². The van der Waals surface area contributed by atoms with Crippen LogP contribution in [0.5, 0.6) is 5.75 Å². The molecule has 0 aliphatic carbocycles. The molecule has 1 aromatic carbocycles. The zero-order valence-electron chi connectivity index (χ0n) is 16.8. The van der Waals surface area contributed by atoms with Gasteiger partial charge in [-0.3, -0.25) is 14.9 Å². The Balaban J connectivity index is 1.68. The monoisotopic (exact) mass is 397 g/mol. The molecule has 3 heterocycles. The van der Waals surface area contributed by atoms with Gasteiger partial charge in [0.1, 0.15) is 0 Å². The number of halogens is 1. The van der Waals surface area contributed by atoms with Gasteiger partial charge in [-0.2, -0.15) is 5.10 Å². The standard InChI is InChI=1S/C21H24FN5O2/c1-26(2)21(28)15-11-24-25-20(15)13-5-4-8-27(12-13)18-6-7-23-17-10-16(22)19(29-3)9-14(17)18/h6-7,9-11,13H,4-5,8,12H2,1-3H3,(H,24,25). The molecule has 152 valence electrons. The predicted molar refractivity (Wildman–Crippen MR) is 109 cm³/mol. The first-order valence-electron chi connectivity index (χ1n) is 9.61. The number of hydrogen-bond acceptors (Lipinski definition) is 5. The number of fused-ring (bicyclic) bond motifs is 1. The van der Waals surface area contributed by atoms with Gasteiger partial charge in [0, 0.05) is 56.4 Å². The van der Waals surface area contributed by atoms with E-state index in [1.165, 1.54) is 13.2 Å². The van der Waals surface area contributed by atoms with E-state index in [9.17, 15) is 9.18 Å². The molecule has 3 aromatic rings. The zero-order chi connectivity index (χ0) is 20.5. The summed E-state index contributed by atoms with van der Waals surface area (Å²) in [6, 6.07) is 5.05. The smallest absolute Gasteiger partial charge is 0.256 e. The lowest BCUT2D eigenvalue weighted by Crippen LogP contribution is -2.35. The van der Waals surface area contributed by atoms with Gasteiger partial charge in [-0.1, -0.05) is 0 Å². The Kier molecular flexibility index (Phi) is 5.08. The number of nitrogens with one attached hydrogen (secondary N) is 1. The van der Waals surface area contributed by atoms with Crippen molar-refractivity contribution in [3.63, 3.8) is 0 Å². The number of anilines is 1. The Morgan fingerprint density at radius 3 is 2.97 bits per heavy atom. The summed E-state index contributed by atoms with van der Waals surface area (Å²) in [5.41, 5.74) is 3.06. The van der Waals surface area contributed by atoms with E-state index in [0.717, 1.165) is 42.7 Å². The number of H-pyrrole nitrogens is 1. The Morgan fingerprint density at radius 2 is 2.21 bits per heavy atom. The number of piperidine rings is 1. The number of carbonyl (C=O) groups is 1. The number of ether oxygens (including phenoxy) is 1. The Morgan fingerprint density at radius 1 is 1.38 bits per heavy atom. The number of benzene rings is 1. The fourth-order valence-electron chi connectivity index (χ4n) is 4.02. The maximum atomic E-state index is 14.1. The van der Waals surface area contributed by atoms with E-state index in [4.69, 9.17) is 4.74 Å². The first kappa shape index (κ1) is 19.2. The third-order valence-electron chi connectivity index (χ3n) is 5.47. The Labute approximate surface area is 168 Å². The van der Waals surface area contributed by atoms with Gasteiger partial charge < -0.3 is 14.5 Å². The van der Waals surface area contributed by atoms with Gasteiger partial charge in [0.25, 0.3) is 5.91 Å². The van der Waals surface area contributed by atoms with Crippen molar-refractivity contribution in [3.05, 3.63) is 47.7 Å². The minimum Gasteiger partial charge on any atom is -0.494 e. The van der Waals surface area contributed by atoms with Crippen LogP contribution >= 0.6 is 0 Å². The van der Waals surface area contributed by atoms with Crippen molar-refractivity contribution in [2.75, 3.05) is 39.2 Å². The SMILES string of the molecule is COc1cc2c(N3CCCC(c4[nH]ncc4C(=O)N(C)C)C3)ccnc2cc1F. The largest absolute Gasteiger partial charge is 0.494 e. The van der Waals surface area contributed by atoms with Crippen molar-refractivity contribution in [1.82, 2.24) is 20.1 Å². The van der Waals surface area contributed by atoms with Crippen LogP contribution in [0.1, 0.15) is 34.8 Å². The minimum absolute atomic E-state index is 0.0551. The van der Waals surface area contributed by atoms with E-state index in [1.54, 1.807) is 37.5 Å². The van der Waals surface area contributed by atoms with Crippen LogP contribution in [-0.2, 0) is 0 Å². The predicted octanol–water partition coefficient (Wildman–Crippen LogP) is 3.19. The topological polar surface area (TPSA) is 74.3 Å². The summed E-state index contributed by atoms with van der Waals surface area (Å²) >= 11 is 0. The van der Waals surface area contributed by atoms with Crippen LogP contribution < -0.4 is 9.64 Å². The van der Waals surface area contributed by atoms with Crippen molar-refractivity contribution in [2.24, 2.45) is 0 Å². The van der Waals surface area contributed by atoms with Crippen LogP contribution in [0.25, 0.3) is 10.9 Å². The first-order valence-corrected chi connectivity index (χ1v) is 9.61. The molecular weight excluding hydrogens is 373 g/mol. The minimum atomic E-state index is -0.425. The molecule has 1 amide bonds. The average Bonchev–Trinajstić information content (AvgIpc) is 3.22. The third-order valence-corrected chi connectivity index (χ3v) is 5.47. The van der Waals surface area contributed by atoms with E-state index in [-0.39, 0.29) is 17.6 Å². The summed E-state index contributed by atoms with van der Waals surface area (Å²) in [6.07, 6.45) is 5.24. The Bertz CT molecular complexity index is 1050. The van der Waals surface area contributed by atoms with Crippen LogP contribution in [0, 0.1) is 5.82 Å². The molecule has 1 saturated heterocycles. The van der Waals surface area contributed by atoms with E-state index >= 15 is 0 Å². The first-order chi connectivity index (χ1) is 14.0. The van der Waals surface area contributed by atoms with Crippen LogP contribution in [0.15, 0.2) is 30.6 Å². The highest BCUT2D eigenvalue weighted by Crippen LogP contribution is 2.35. The van der Waals surface area contributed by atoms with Gasteiger partial charge in [0.2, 0.25) is 0 Å². The summed E-state index contributed by atoms with van der Waals surface area (Å²) in [7, 11) is 4.93. The number of nitrogens with zero attached hydrogens (tertiary/aromatic N) is 4. The molecule has 8 heteroatoms. The molecule has 1 atom stereocenters. The number of rotatable bonds is 4. The van der Waals surface area contributed by atoms with Crippen LogP contribution in [-0.4, -0.2) is 60.3 Å². The quantitative estimate of drug-likeness (QED) is 0.732. The van der Waals surface area contributed by atoms with E-state index in [2.05, 4.69) is 20.1 Å². The molecule has 1 unspecified atom stereocenters. The number of aromatic amines is 1. The second-order valence-corrected chi connectivity index (χ2v) is 7.52. The highest BCUT2D eigenvalue weighted by Gasteiger charge is 2.28. The fraction of sp³-hybridized carbons (Fsp3) is 0.381. The molecule has 7 nitrogen and oxygen atoms in total. The molecule has 0 saturated carbocycles. The number of pyridine rings is 1. The highest BCUT2D eigenvalue weighted by atomic mass is 19.1. The zero-order valence-corrected chi connectivity index (χ0v) is 16.8. The normalized spacial score (nSPS) is 16.8. The lowest BCUT2D eigenvalue weighted by molar-refractivity contribution is 0.0826. The highest BCUT2D eigenvalue weighted by molar-refractivity contribution is 5.95. The van der Waals surface area contributed by atoms with Crippen LogP contribution in [0.4, 0.5) is 10.1 Å². The summed E-state index contributed by atoms with van der Waals surface area (Å²) in [5.74, 6) is -0.130. The molecular formula is C21H24FN5O2. The third kappa shape index (κ3) is 3.50. The molecule has 1 aliphatic heterocycles. The maximum Gasteiger partial charge on any atom is 0.256 e. The lowest BCUT2D eigenvalue weighted by Gasteiger charge is -2.35. The van der Waals surface area contributed by atoms with Gasteiger partial charge in [-0.25, -0.2) is 4.39 Å². The van der Waals surface area contributed by atoms with E-state index in [0.29, 0.717) is 11.1 Å². The number of carbonyl (C=O) groups excluding carboxylic acids is 1. The molecule has 0 bridgehead atoms. The summed E-state index contributed by atoms with van der Waals surface area (Å²) in [5, 5.41) is 8.01. The summed E-state index contributed by atoms with van der Waals surface area (Å²) in [6.45, 7) is 1.61. The summed E-state index contributed by atoms with van der Waals surface area (Å²) < 4.78 is 19.3. The molecule has 0 radical (unpaired) electrons. The molecule has 0 spiro atoms. The number of methoxy groups -OCH3 is 1. The van der Waals surface area contributed by atoms with E-state index in [1.807, 2.05) is 6.07 Å². The Hall–Kier alpha value is -3.16. The molecule has 29 heavy (non-hydrogen) atoms. The average molecular weight is 397 g/mol. The van der Waals surface area contributed by atoms with Gasteiger partial charge in [0.05, 0.1) is 30.1 Å². The fourth-order valence-corrected chi connectivity index (χ4v) is 4.02. The van der Waals surface area contributed by atoms with Crippen LogP contribution in [0.2, 0.25) is 0 Å². The number of amides is 1. The molecule has 1 aliphatic rings. The maximum absolute atomic E-state index is 14.1. The molecule has 2 aromatic heterocycles. The molecule has 1 N–H and O–H groups in total. The molecule has 1 fully saturated rings. The lowest BCUT2D eigenvalue weighted by atomic mass is 9.91. The van der Waals surface area contributed by atoms with Crippen molar-refractivity contribution in [1.29, 1.82) is 0 Å². The number of aromatic nitrogens is 3. The van der Waals surface area contributed by atoms with Gasteiger partial charge in [-0.15, -0.1) is 0 Å². The van der Waals surface area contributed by atoms with Gasteiger partial charge >= 0.3 is 0 Å². The van der Waals surface area contributed by atoms with E-state index < -0.39 is 5.82 Å². The van der Waals surface area contributed by atoms with Crippen molar-refractivity contribution >= 4 is 22.5 Å². The summed E-state index contributed by atoms with van der Waals surface area (Å²) in [4.78, 5) is 20.6. The van der Waals surface area contributed by atoms with Crippen molar-refractivity contribution < 1.29 is 13.9 Å².